The van der Waals surface area contributed by atoms with E-state index in [0.29, 0.717) is 0 Å². The van der Waals surface area contributed by atoms with E-state index in [0.717, 1.165) is 33.5 Å². The average Bonchev–Trinajstić information content (AvgIpc) is 1.61. The summed E-state index contributed by atoms with van der Waals surface area (Å²) in [6, 6.07) is 166. The molecule has 3 nitrogen and oxygen atoms in total. The highest BCUT2D eigenvalue weighted by Crippen LogP contribution is 2.46. The molecule has 7 aromatic heterocycles. The van der Waals surface area contributed by atoms with E-state index in [4.69, 9.17) is 13.3 Å². The second kappa shape index (κ2) is 39.5. The highest BCUT2D eigenvalue weighted by Gasteiger charge is 2.19. The fourth-order valence-electron chi connectivity index (χ4n) is 19.4. The van der Waals surface area contributed by atoms with Crippen LogP contribution in [0.3, 0.4) is 0 Å². The van der Waals surface area contributed by atoms with Gasteiger partial charge in [-0.1, -0.05) is 398 Å². The quantitative estimate of drug-likeness (QED) is 0.160. The third-order valence-corrected chi connectivity index (χ3v) is 31.1. The largest absolute Gasteiger partial charge is 0.456 e. The number of para-hydroxylation sites is 3. The van der Waals surface area contributed by atoms with Crippen molar-refractivity contribution in [2.24, 2.45) is 0 Å². The zero-order chi connectivity index (χ0) is 94.7. The Balaban J connectivity index is 0.0000000939. The van der Waals surface area contributed by atoms with Gasteiger partial charge >= 0.3 is 0 Å². The lowest BCUT2D eigenvalue weighted by atomic mass is 9.96. The molecule has 0 aliphatic rings. The van der Waals surface area contributed by atoms with E-state index in [-0.39, 0.29) is 0 Å². The zero-order valence-corrected chi connectivity index (χ0v) is 82.1. The Morgan fingerprint density at radius 2 is 0.414 bits per heavy atom. The number of hydrogen-bond donors (Lipinski definition) is 0. The van der Waals surface area contributed by atoms with Gasteiger partial charge in [0.1, 0.15) is 33.5 Å². The fraction of sp³-hybridized carbons (Fsp3) is 0.0526. The molecular weight excluding hydrogens is 1770 g/mol. The van der Waals surface area contributed by atoms with Crippen molar-refractivity contribution in [1.29, 1.82) is 0 Å². The minimum atomic E-state index is 0.947. The molecule has 0 radical (unpaired) electrons. The Morgan fingerprint density at radius 1 is 0.143 bits per heavy atom. The van der Waals surface area contributed by atoms with Crippen LogP contribution in [0.1, 0.15) is 38.9 Å². The number of rotatable bonds is 7. The second-order valence-corrected chi connectivity index (χ2v) is 40.3. The van der Waals surface area contributed by atoms with Crippen molar-refractivity contribution >= 4 is 192 Å². The smallest absolute Gasteiger partial charge is 0.136 e. The number of benzene rings is 21. The maximum absolute atomic E-state index is 5.95. The summed E-state index contributed by atoms with van der Waals surface area (Å²) < 4.78 is 28.8. The molecule has 0 saturated heterocycles. The topological polar surface area (TPSA) is 39.4 Å². The van der Waals surface area contributed by atoms with Gasteiger partial charge in [-0.2, -0.15) is 0 Å². The van der Waals surface area contributed by atoms with Crippen LogP contribution in [0.15, 0.2) is 480 Å². The average molecular weight is 1870 g/mol. The monoisotopic (exact) mass is 1870 g/mol. The maximum Gasteiger partial charge on any atom is 0.136 e. The van der Waals surface area contributed by atoms with E-state index in [1.165, 1.54) is 230 Å². The van der Waals surface area contributed by atoms with Crippen molar-refractivity contribution in [3.8, 4) is 77.9 Å². The van der Waals surface area contributed by atoms with Gasteiger partial charge in [-0.3, -0.25) is 0 Å². The van der Waals surface area contributed by atoms with Gasteiger partial charge in [0.05, 0.1) is 0 Å². The fourth-order valence-corrected chi connectivity index (χ4v) is 23.9. The van der Waals surface area contributed by atoms with Gasteiger partial charge in [0, 0.05) is 113 Å². The minimum Gasteiger partial charge on any atom is -0.456 e. The molecule has 7 heteroatoms. The summed E-state index contributed by atoms with van der Waals surface area (Å²) >= 11 is 7.49. The summed E-state index contributed by atoms with van der Waals surface area (Å²) in [6.07, 6.45) is 0. The third-order valence-electron chi connectivity index (χ3n) is 26.4. The Bertz CT molecular complexity index is 9260. The van der Waals surface area contributed by atoms with Crippen LogP contribution in [-0.4, -0.2) is 0 Å². The Hall–Kier alpha value is -16.1. The van der Waals surface area contributed by atoms with E-state index < -0.39 is 0 Å². The van der Waals surface area contributed by atoms with Crippen molar-refractivity contribution in [3.05, 3.63) is 506 Å². The predicted octanol–water partition coefficient (Wildman–Crippen LogP) is 40.8. The predicted molar refractivity (Wildman–Crippen MR) is 610 cm³/mol. The van der Waals surface area contributed by atoms with Crippen molar-refractivity contribution in [3.63, 3.8) is 0 Å². The number of hydrogen-bond acceptors (Lipinski definition) is 7. The molecule has 140 heavy (non-hydrogen) atoms. The summed E-state index contributed by atoms with van der Waals surface area (Å²) in [7, 11) is 0. The Kier molecular flexibility index (Phi) is 25.2. The van der Waals surface area contributed by atoms with E-state index in [1.807, 2.05) is 99.9 Å². The van der Waals surface area contributed by atoms with Crippen LogP contribution in [0.4, 0.5) is 0 Å². The van der Waals surface area contributed by atoms with Gasteiger partial charge in [0.25, 0.3) is 0 Å². The lowest BCUT2D eigenvalue weighted by molar-refractivity contribution is 0.668. The van der Waals surface area contributed by atoms with E-state index in [2.05, 4.69) is 461 Å². The molecular formula is C133H98O3S4. The highest BCUT2D eigenvalue weighted by atomic mass is 32.1. The van der Waals surface area contributed by atoms with Gasteiger partial charge < -0.3 is 13.3 Å². The molecule has 0 saturated carbocycles. The van der Waals surface area contributed by atoms with Crippen LogP contribution in [0, 0.1) is 48.5 Å². The molecule has 0 amide bonds. The first-order valence-corrected chi connectivity index (χ1v) is 50.9. The van der Waals surface area contributed by atoms with Crippen molar-refractivity contribution < 1.29 is 13.3 Å². The molecule has 672 valence electrons. The first kappa shape index (κ1) is 89.1. The first-order chi connectivity index (χ1) is 68.8. The van der Waals surface area contributed by atoms with Gasteiger partial charge in [-0.05, 0) is 235 Å². The second-order valence-electron chi connectivity index (χ2n) is 36.0. The van der Waals surface area contributed by atoms with Crippen molar-refractivity contribution in [2.45, 2.75) is 48.5 Å². The normalized spacial score (nSPS) is 11.2. The first-order valence-electron chi connectivity index (χ1n) is 47.6. The summed E-state index contributed by atoms with van der Waals surface area (Å²) in [4.78, 5) is 0. The third kappa shape index (κ3) is 18.3. The minimum absolute atomic E-state index is 0.947. The van der Waals surface area contributed by atoms with Crippen molar-refractivity contribution in [1.82, 2.24) is 0 Å². The number of thiophene rings is 4. The number of aryl methyl sites for hydroxylation is 7. The van der Waals surface area contributed by atoms with E-state index in [1.54, 1.807) is 0 Å². The molecule has 0 fully saturated rings. The Morgan fingerprint density at radius 3 is 0.857 bits per heavy atom. The molecule has 28 aromatic rings. The zero-order valence-electron chi connectivity index (χ0n) is 78.8. The molecule has 21 aromatic carbocycles. The number of furan rings is 3. The van der Waals surface area contributed by atoms with Gasteiger partial charge in [-0.15, -0.1) is 45.3 Å². The van der Waals surface area contributed by atoms with Gasteiger partial charge in [-0.25, -0.2) is 0 Å². The highest BCUT2D eigenvalue weighted by molar-refractivity contribution is 7.27. The lowest BCUT2D eigenvalue weighted by Crippen LogP contribution is -1.83. The summed E-state index contributed by atoms with van der Waals surface area (Å²) in [5, 5.41) is 18.1. The van der Waals surface area contributed by atoms with Crippen LogP contribution in [-0.2, 0) is 0 Å². The molecule has 0 aliphatic carbocycles. The standard InChI is InChI=1S/3C19H14O.4C19H14S/c2*1-13-6-4-7-14(12-13)15-9-5-11-18-19(15)16-8-2-3-10-17(16)20-18;1-13-7-2-3-8-14(13)15-10-6-12-18-19(15)16-9-4-5-11-17(16)20-18;1-13-5-4-6-14(11-13)15-9-10-19-17(12-15)16-7-2-3-8-18(16)20-19;1-13-6-2-3-7-15(13)14-10-11-19-17(12-14)16-8-4-5-9-18(16)20-19;1-13-9-11-14(12-10-13)15-6-4-7-17-16-5-2-3-8-18(16)20-19(15)17;1-13-6-8-14(9-7-13)15-10-11-19-17(12-15)16-4-2-3-5-18(16)20-19/h7*2-12H,1H3. The molecule has 0 unspecified atom stereocenters. The molecule has 0 aliphatic heterocycles. The van der Waals surface area contributed by atoms with Crippen molar-refractivity contribution in [2.75, 3.05) is 0 Å². The molecule has 0 bridgehead atoms. The molecule has 0 spiro atoms. The number of fused-ring (bicyclic) bond motifs is 21. The maximum atomic E-state index is 5.95. The van der Waals surface area contributed by atoms with Gasteiger partial charge in [0.2, 0.25) is 0 Å². The van der Waals surface area contributed by atoms with Crippen LogP contribution in [0.5, 0.6) is 0 Å². The summed E-state index contributed by atoms with van der Waals surface area (Å²) in [6.45, 7) is 15.0. The summed E-state index contributed by atoms with van der Waals surface area (Å²) in [5.41, 5.74) is 32.6. The molecule has 0 N–H and O–H groups in total. The van der Waals surface area contributed by atoms with Crippen LogP contribution >= 0.6 is 45.3 Å². The molecule has 28 rings (SSSR count). The summed E-state index contributed by atoms with van der Waals surface area (Å²) in [5.74, 6) is 0. The lowest BCUT2D eigenvalue weighted by Gasteiger charge is -2.07. The molecule has 7 heterocycles. The molecule has 0 atom stereocenters. The van der Waals surface area contributed by atoms with Crippen LogP contribution in [0.2, 0.25) is 0 Å². The Labute approximate surface area is 830 Å². The van der Waals surface area contributed by atoms with E-state index >= 15 is 0 Å². The SMILES string of the molecule is Cc1ccc(-c2ccc3sc4ccccc4c3c2)cc1.Cc1ccc(-c2cccc3c2sc2ccccc23)cc1.Cc1cccc(-c2ccc3sc4ccccc4c3c2)c1.Cc1cccc(-c2cccc3oc4ccccc4c23)c1.Cc1cccc(-c2cccc3oc4ccccc4c23)c1.Cc1ccccc1-c1ccc2sc3ccccc3c2c1.Cc1ccccc1-c1cccc2oc3ccccc3c12. The van der Waals surface area contributed by atoms with E-state index in [9.17, 15) is 0 Å². The van der Waals surface area contributed by atoms with Crippen LogP contribution in [0.25, 0.3) is 224 Å². The van der Waals surface area contributed by atoms with Gasteiger partial charge in [0.15, 0.2) is 0 Å². The van der Waals surface area contributed by atoms with Crippen LogP contribution < -0.4 is 0 Å².